The number of carbonyl (C=O) groups excluding carboxylic acids is 3. The Balaban J connectivity index is 1.55. The zero-order valence-corrected chi connectivity index (χ0v) is 17.7. The maximum Gasteiger partial charge on any atom is 0.339 e. The number of carbonyl (C=O) groups is 3. The first kappa shape index (κ1) is 21.5. The zero-order chi connectivity index (χ0) is 21.5. The number of primary amides is 1. The lowest BCUT2D eigenvalue weighted by atomic mass is 10.2. The minimum Gasteiger partial charge on any atom is -0.452 e. The summed E-state index contributed by atoms with van der Waals surface area (Å²) in [6, 6.07) is 13.2. The van der Waals surface area contributed by atoms with Crippen LogP contribution in [0.1, 0.15) is 31.4 Å². The average molecular weight is 442 g/mol. The molecule has 2 aromatic carbocycles. The Morgan fingerprint density at radius 1 is 1.13 bits per heavy atom. The van der Waals surface area contributed by atoms with Crippen LogP contribution < -0.4 is 11.1 Å². The summed E-state index contributed by atoms with van der Waals surface area (Å²) in [6.07, 6.45) is 0. The molecule has 0 saturated carbocycles. The molecule has 0 saturated heterocycles. The van der Waals surface area contributed by atoms with Gasteiger partial charge in [-0.05, 0) is 43.3 Å². The van der Waals surface area contributed by atoms with E-state index >= 15 is 0 Å². The number of amides is 2. The molecule has 0 aliphatic carbocycles. The van der Waals surface area contributed by atoms with Crippen molar-refractivity contribution in [1.29, 1.82) is 0 Å². The highest BCUT2D eigenvalue weighted by molar-refractivity contribution is 7.98. The van der Waals surface area contributed by atoms with E-state index in [9.17, 15) is 14.4 Å². The maximum absolute atomic E-state index is 12.5. The Morgan fingerprint density at radius 2 is 1.87 bits per heavy atom. The summed E-state index contributed by atoms with van der Waals surface area (Å²) in [5, 5.41) is 5.58. The van der Waals surface area contributed by atoms with Crippen LogP contribution in [0.15, 0.2) is 58.8 Å². The number of esters is 1. The Kier molecular flexibility index (Phi) is 7.21. The first-order chi connectivity index (χ1) is 14.4. The van der Waals surface area contributed by atoms with Gasteiger partial charge < -0.3 is 15.8 Å². The second-order valence-corrected chi connectivity index (χ2v) is 8.29. The number of aromatic nitrogens is 1. The van der Waals surface area contributed by atoms with Crippen molar-refractivity contribution in [1.82, 2.24) is 4.98 Å². The van der Waals surface area contributed by atoms with Gasteiger partial charge in [-0.15, -0.1) is 23.1 Å². The van der Waals surface area contributed by atoms with Crippen LogP contribution in [-0.2, 0) is 15.3 Å². The third kappa shape index (κ3) is 5.91. The van der Waals surface area contributed by atoms with Crippen LogP contribution in [0.4, 0.5) is 5.69 Å². The lowest BCUT2D eigenvalue weighted by Crippen LogP contribution is -2.21. The van der Waals surface area contributed by atoms with Crippen molar-refractivity contribution < 1.29 is 19.1 Å². The van der Waals surface area contributed by atoms with Crippen molar-refractivity contribution in [2.45, 2.75) is 17.6 Å². The summed E-state index contributed by atoms with van der Waals surface area (Å²) < 4.78 is 5.17. The lowest BCUT2D eigenvalue weighted by molar-refractivity contribution is -0.119. The van der Waals surface area contributed by atoms with Crippen LogP contribution in [0.3, 0.4) is 0 Å². The lowest BCUT2D eigenvalue weighted by Gasteiger charge is -2.09. The van der Waals surface area contributed by atoms with Gasteiger partial charge in [0, 0.05) is 27.3 Å². The van der Waals surface area contributed by atoms with Gasteiger partial charge in [0.05, 0.1) is 16.3 Å². The van der Waals surface area contributed by atoms with Crippen LogP contribution in [0, 0.1) is 6.92 Å². The van der Waals surface area contributed by atoms with Gasteiger partial charge in [0.15, 0.2) is 6.61 Å². The molecule has 0 unspecified atom stereocenters. The predicted octanol–water partition coefficient (Wildman–Crippen LogP) is 3.64. The predicted molar refractivity (Wildman–Crippen MR) is 117 cm³/mol. The summed E-state index contributed by atoms with van der Waals surface area (Å²) in [7, 11) is 0. The molecule has 0 aliphatic rings. The van der Waals surface area contributed by atoms with E-state index in [1.54, 1.807) is 35.6 Å². The highest BCUT2D eigenvalue weighted by atomic mass is 32.2. The molecule has 2 amide bonds. The minimum absolute atomic E-state index is 0.335. The Morgan fingerprint density at radius 3 is 2.53 bits per heavy atom. The Labute approximate surface area is 181 Å². The number of nitrogens with two attached hydrogens (primary N) is 1. The zero-order valence-electron chi connectivity index (χ0n) is 16.1. The number of thioether (sulfide) groups is 1. The molecule has 3 rings (SSSR count). The monoisotopic (exact) mass is 441 g/mol. The molecular formula is C21H19N3O4S2. The second-order valence-electron chi connectivity index (χ2n) is 6.21. The SMILES string of the molecule is Cc1nc(CSc2ccccc2C(=O)OCC(=O)Nc2ccc(C(N)=O)cc2)cs1. The summed E-state index contributed by atoms with van der Waals surface area (Å²) in [5.41, 5.74) is 7.33. The van der Waals surface area contributed by atoms with E-state index in [1.807, 2.05) is 24.4 Å². The summed E-state index contributed by atoms with van der Waals surface area (Å²) in [5.74, 6) is -0.982. The molecule has 3 aromatic rings. The number of hydrogen-bond acceptors (Lipinski definition) is 7. The number of ether oxygens (including phenoxy) is 1. The molecule has 30 heavy (non-hydrogen) atoms. The maximum atomic E-state index is 12.5. The van der Waals surface area contributed by atoms with Crippen molar-refractivity contribution in [3.8, 4) is 0 Å². The molecule has 1 heterocycles. The van der Waals surface area contributed by atoms with Crippen molar-refractivity contribution in [2.75, 3.05) is 11.9 Å². The van der Waals surface area contributed by atoms with Crippen molar-refractivity contribution in [2.24, 2.45) is 5.73 Å². The number of hydrogen-bond donors (Lipinski definition) is 2. The number of anilines is 1. The fraction of sp³-hybridized carbons (Fsp3) is 0.143. The molecule has 0 fully saturated rings. The molecular weight excluding hydrogens is 422 g/mol. The normalized spacial score (nSPS) is 10.4. The third-order valence-corrected chi connectivity index (χ3v) is 5.87. The molecule has 3 N–H and O–H groups in total. The van der Waals surface area contributed by atoms with Gasteiger partial charge in [-0.3, -0.25) is 9.59 Å². The minimum atomic E-state index is -0.577. The topological polar surface area (TPSA) is 111 Å². The molecule has 0 aliphatic heterocycles. The van der Waals surface area contributed by atoms with Crippen molar-refractivity contribution in [3.05, 3.63) is 75.7 Å². The number of nitrogens with one attached hydrogen (secondary N) is 1. The number of rotatable bonds is 8. The van der Waals surface area contributed by atoms with Gasteiger partial charge in [-0.1, -0.05) is 12.1 Å². The van der Waals surface area contributed by atoms with E-state index < -0.39 is 24.4 Å². The van der Waals surface area contributed by atoms with Crippen LogP contribution >= 0.6 is 23.1 Å². The Bertz CT molecular complexity index is 1060. The highest BCUT2D eigenvalue weighted by Crippen LogP contribution is 2.27. The average Bonchev–Trinajstić information content (AvgIpc) is 3.16. The van der Waals surface area contributed by atoms with Gasteiger partial charge in [0.2, 0.25) is 5.91 Å². The van der Waals surface area contributed by atoms with E-state index in [1.165, 1.54) is 23.9 Å². The molecule has 7 nitrogen and oxygen atoms in total. The summed E-state index contributed by atoms with van der Waals surface area (Å²) in [6.45, 7) is 1.52. The fourth-order valence-corrected chi connectivity index (χ4v) is 4.16. The van der Waals surface area contributed by atoms with Gasteiger partial charge in [0.1, 0.15) is 0 Å². The van der Waals surface area contributed by atoms with E-state index in [0.29, 0.717) is 22.6 Å². The van der Waals surface area contributed by atoms with Crippen LogP contribution in [0.5, 0.6) is 0 Å². The highest BCUT2D eigenvalue weighted by Gasteiger charge is 2.15. The molecule has 0 spiro atoms. The standard InChI is InChI=1S/C21H19N3O4S2/c1-13-23-16(11-29-13)12-30-18-5-3-2-4-17(18)21(27)28-10-19(25)24-15-8-6-14(7-9-15)20(22)26/h2-9,11H,10,12H2,1H3,(H2,22,26)(H,24,25). The van der Waals surface area contributed by atoms with E-state index in [4.69, 9.17) is 10.5 Å². The quantitative estimate of drug-likeness (QED) is 0.408. The van der Waals surface area contributed by atoms with E-state index in [0.717, 1.165) is 15.6 Å². The number of nitrogens with zero attached hydrogens (tertiary/aromatic N) is 1. The number of aryl methyl sites for hydroxylation is 1. The van der Waals surface area contributed by atoms with Gasteiger partial charge in [-0.2, -0.15) is 0 Å². The molecule has 9 heteroatoms. The molecule has 0 radical (unpaired) electrons. The third-order valence-electron chi connectivity index (χ3n) is 3.94. The number of thiazole rings is 1. The van der Waals surface area contributed by atoms with Gasteiger partial charge in [-0.25, -0.2) is 9.78 Å². The fourth-order valence-electron chi connectivity index (χ4n) is 2.51. The van der Waals surface area contributed by atoms with Crippen molar-refractivity contribution in [3.63, 3.8) is 0 Å². The smallest absolute Gasteiger partial charge is 0.339 e. The molecule has 1 aromatic heterocycles. The summed E-state index contributed by atoms with van der Waals surface area (Å²) in [4.78, 5) is 40.8. The van der Waals surface area contributed by atoms with Gasteiger partial charge >= 0.3 is 5.97 Å². The van der Waals surface area contributed by atoms with Crippen LogP contribution in [0.25, 0.3) is 0 Å². The van der Waals surface area contributed by atoms with Gasteiger partial charge in [0.25, 0.3) is 5.91 Å². The molecule has 154 valence electrons. The second kappa shape index (κ2) is 10.0. The largest absolute Gasteiger partial charge is 0.452 e. The summed E-state index contributed by atoms with van der Waals surface area (Å²) >= 11 is 3.07. The Hall–Kier alpha value is -3.17. The first-order valence-corrected chi connectivity index (χ1v) is 10.8. The molecule has 0 bridgehead atoms. The number of benzene rings is 2. The van der Waals surface area contributed by atoms with Crippen molar-refractivity contribution >= 4 is 46.6 Å². The molecule has 0 atom stereocenters. The van der Waals surface area contributed by atoms with E-state index in [2.05, 4.69) is 10.3 Å². The van der Waals surface area contributed by atoms with E-state index in [-0.39, 0.29) is 0 Å². The first-order valence-electron chi connectivity index (χ1n) is 8.92. The van der Waals surface area contributed by atoms with Crippen LogP contribution in [-0.4, -0.2) is 29.4 Å². The van der Waals surface area contributed by atoms with Crippen LogP contribution in [0.2, 0.25) is 0 Å².